The van der Waals surface area contributed by atoms with Crippen molar-refractivity contribution in [1.82, 2.24) is 5.32 Å². The molecule has 0 spiro atoms. The van der Waals surface area contributed by atoms with Gasteiger partial charge in [-0.05, 0) is 23.3 Å². The summed E-state index contributed by atoms with van der Waals surface area (Å²) in [5, 5.41) is 20.9. The summed E-state index contributed by atoms with van der Waals surface area (Å²) in [4.78, 5) is 12.0. The fraction of sp³-hybridized carbons (Fsp3) is 0.176. The Hall–Kier alpha value is -2.64. The van der Waals surface area contributed by atoms with Crippen LogP contribution in [0.3, 0.4) is 0 Å². The van der Waals surface area contributed by atoms with E-state index in [1.165, 1.54) is 0 Å². The number of aliphatic hydroxyl groups is 1. The van der Waals surface area contributed by atoms with Crippen LogP contribution < -0.4 is 5.32 Å². The van der Waals surface area contributed by atoms with E-state index in [2.05, 4.69) is 5.32 Å². The molecular weight excluding hydrogens is 264 g/mol. The average molecular weight is 280 g/mol. The maximum atomic E-state index is 12.0. The molecule has 1 atom stereocenters. The monoisotopic (exact) mass is 280 g/mol. The lowest BCUT2D eigenvalue weighted by atomic mass is 10.1. The van der Waals surface area contributed by atoms with E-state index in [0.29, 0.717) is 5.56 Å². The van der Waals surface area contributed by atoms with Crippen molar-refractivity contribution in [3.05, 3.63) is 71.3 Å². The number of hydrogen-bond acceptors (Lipinski definition) is 3. The highest BCUT2D eigenvalue weighted by molar-refractivity contribution is 5.79. The van der Waals surface area contributed by atoms with Gasteiger partial charge in [0.25, 0.3) is 0 Å². The zero-order chi connectivity index (χ0) is 15.1. The normalized spacial score (nSPS) is 11.4. The Labute approximate surface area is 123 Å². The second-order valence-corrected chi connectivity index (χ2v) is 4.70. The molecule has 0 aliphatic rings. The first-order chi connectivity index (χ1) is 10.2. The Morgan fingerprint density at radius 3 is 2.38 bits per heavy atom. The van der Waals surface area contributed by atoms with Gasteiger partial charge in [-0.25, -0.2) is 0 Å². The highest BCUT2D eigenvalue weighted by Gasteiger charge is 2.13. The molecule has 1 unspecified atom stereocenters. The maximum Gasteiger partial charge on any atom is 0.224 e. The van der Waals surface area contributed by atoms with Gasteiger partial charge >= 0.3 is 0 Å². The third kappa shape index (κ3) is 4.16. The summed E-state index contributed by atoms with van der Waals surface area (Å²) in [5.41, 5.74) is 2.26. The van der Waals surface area contributed by atoms with E-state index in [1.807, 2.05) is 36.4 Å². The number of carbonyl (C=O) groups excluding carboxylic acids is 1. The molecule has 0 saturated heterocycles. The van der Waals surface area contributed by atoms with Crippen molar-refractivity contribution in [2.45, 2.75) is 12.5 Å². The first-order valence-electron chi connectivity index (χ1n) is 6.67. The summed E-state index contributed by atoms with van der Waals surface area (Å²) in [6.07, 6.45) is 0.217. The highest BCUT2D eigenvalue weighted by Crippen LogP contribution is 2.12. The Morgan fingerprint density at radius 2 is 1.81 bits per heavy atom. The van der Waals surface area contributed by atoms with Crippen LogP contribution in [-0.2, 0) is 11.2 Å². The topological polar surface area (TPSA) is 73.1 Å². The van der Waals surface area contributed by atoms with Crippen LogP contribution in [0.25, 0.3) is 0 Å². The summed E-state index contributed by atoms with van der Waals surface area (Å²) in [7, 11) is 0. The summed E-state index contributed by atoms with van der Waals surface area (Å²) in [5.74, 6) is -0.164. The van der Waals surface area contributed by atoms with Gasteiger partial charge in [0.05, 0.1) is 30.7 Å². The molecule has 2 aromatic carbocycles. The molecule has 0 heterocycles. The molecule has 2 aromatic rings. The summed E-state index contributed by atoms with van der Waals surface area (Å²) < 4.78 is 0. The van der Waals surface area contributed by atoms with Gasteiger partial charge in [0.1, 0.15) is 0 Å². The summed E-state index contributed by atoms with van der Waals surface area (Å²) >= 11 is 0. The molecule has 21 heavy (non-hydrogen) atoms. The molecule has 106 valence electrons. The third-order valence-corrected chi connectivity index (χ3v) is 3.17. The molecule has 4 nitrogen and oxygen atoms in total. The number of nitrogens with zero attached hydrogens (tertiary/aromatic N) is 1. The predicted molar refractivity (Wildman–Crippen MR) is 79.3 cm³/mol. The smallest absolute Gasteiger partial charge is 0.224 e. The standard InChI is InChI=1S/C17H16N2O2/c18-11-14-8-6-13(7-9-14)10-17(21)19-16(12-20)15-4-2-1-3-5-15/h1-9,16,20H,10,12H2,(H,19,21). The first-order valence-corrected chi connectivity index (χ1v) is 6.67. The number of nitriles is 1. The van der Waals surface area contributed by atoms with Crippen LogP contribution in [0.2, 0.25) is 0 Å². The van der Waals surface area contributed by atoms with E-state index in [-0.39, 0.29) is 18.9 Å². The SMILES string of the molecule is N#Cc1ccc(CC(=O)NC(CO)c2ccccc2)cc1. The fourth-order valence-corrected chi connectivity index (χ4v) is 2.05. The number of nitrogens with one attached hydrogen (secondary N) is 1. The quantitative estimate of drug-likeness (QED) is 0.879. The van der Waals surface area contributed by atoms with Crippen LogP contribution >= 0.6 is 0 Å². The van der Waals surface area contributed by atoms with E-state index in [1.54, 1.807) is 24.3 Å². The van der Waals surface area contributed by atoms with Crippen LogP contribution in [0.5, 0.6) is 0 Å². The highest BCUT2D eigenvalue weighted by atomic mass is 16.3. The maximum absolute atomic E-state index is 12.0. The van der Waals surface area contributed by atoms with Gasteiger partial charge in [-0.2, -0.15) is 5.26 Å². The van der Waals surface area contributed by atoms with Crippen molar-refractivity contribution >= 4 is 5.91 Å². The van der Waals surface area contributed by atoms with Crippen LogP contribution in [0, 0.1) is 11.3 Å². The zero-order valence-corrected chi connectivity index (χ0v) is 11.5. The number of benzene rings is 2. The van der Waals surface area contributed by atoms with Crippen molar-refractivity contribution in [3.8, 4) is 6.07 Å². The van der Waals surface area contributed by atoms with Crippen LogP contribution in [-0.4, -0.2) is 17.6 Å². The average Bonchev–Trinajstić information content (AvgIpc) is 2.54. The molecule has 4 heteroatoms. The van der Waals surface area contributed by atoms with Crippen LogP contribution in [0.4, 0.5) is 0 Å². The number of aliphatic hydroxyl groups excluding tert-OH is 1. The molecule has 2 rings (SSSR count). The molecule has 2 N–H and O–H groups in total. The number of hydrogen-bond donors (Lipinski definition) is 2. The molecular formula is C17H16N2O2. The van der Waals surface area contributed by atoms with Gasteiger partial charge in [-0.15, -0.1) is 0 Å². The van der Waals surface area contributed by atoms with Crippen LogP contribution in [0.1, 0.15) is 22.7 Å². The molecule has 1 amide bonds. The van der Waals surface area contributed by atoms with E-state index in [0.717, 1.165) is 11.1 Å². The van der Waals surface area contributed by atoms with Crippen molar-refractivity contribution in [2.24, 2.45) is 0 Å². The third-order valence-electron chi connectivity index (χ3n) is 3.17. The summed E-state index contributed by atoms with van der Waals surface area (Å²) in [6.45, 7) is -0.150. The van der Waals surface area contributed by atoms with Crippen molar-refractivity contribution < 1.29 is 9.90 Å². The molecule has 0 aliphatic carbocycles. The minimum Gasteiger partial charge on any atom is -0.394 e. The Kier molecular flexibility index (Phi) is 5.08. The number of rotatable bonds is 5. The molecule has 0 aliphatic heterocycles. The Bertz CT molecular complexity index is 630. The van der Waals surface area contributed by atoms with E-state index >= 15 is 0 Å². The van der Waals surface area contributed by atoms with Gasteiger partial charge in [0.15, 0.2) is 0 Å². The fourth-order valence-electron chi connectivity index (χ4n) is 2.05. The molecule has 0 radical (unpaired) electrons. The minimum absolute atomic E-state index is 0.150. The molecule has 0 fully saturated rings. The number of carbonyl (C=O) groups is 1. The second kappa shape index (κ2) is 7.22. The predicted octanol–water partition coefficient (Wildman–Crippen LogP) is 1.95. The first kappa shape index (κ1) is 14.8. The lowest BCUT2D eigenvalue weighted by Crippen LogP contribution is -2.31. The second-order valence-electron chi connectivity index (χ2n) is 4.70. The molecule has 0 saturated carbocycles. The van der Waals surface area contributed by atoms with Crippen LogP contribution in [0.15, 0.2) is 54.6 Å². The summed E-state index contributed by atoms with van der Waals surface area (Å²) in [6, 6.07) is 17.9. The van der Waals surface area contributed by atoms with E-state index in [4.69, 9.17) is 5.26 Å². The van der Waals surface area contributed by atoms with Crippen molar-refractivity contribution in [2.75, 3.05) is 6.61 Å². The van der Waals surface area contributed by atoms with Gasteiger partial charge in [-0.3, -0.25) is 4.79 Å². The van der Waals surface area contributed by atoms with Gasteiger partial charge in [-0.1, -0.05) is 42.5 Å². The lowest BCUT2D eigenvalue weighted by Gasteiger charge is -2.16. The van der Waals surface area contributed by atoms with Crippen molar-refractivity contribution in [3.63, 3.8) is 0 Å². The zero-order valence-electron chi connectivity index (χ0n) is 11.5. The Morgan fingerprint density at radius 1 is 1.14 bits per heavy atom. The lowest BCUT2D eigenvalue weighted by molar-refractivity contribution is -0.121. The largest absolute Gasteiger partial charge is 0.394 e. The van der Waals surface area contributed by atoms with Gasteiger partial charge in [0, 0.05) is 0 Å². The van der Waals surface area contributed by atoms with Gasteiger partial charge in [0.2, 0.25) is 5.91 Å². The van der Waals surface area contributed by atoms with E-state index in [9.17, 15) is 9.90 Å². The molecule has 0 aromatic heterocycles. The minimum atomic E-state index is -0.405. The van der Waals surface area contributed by atoms with Gasteiger partial charge < -0.3 is 10.4 Å². The Balaban J connectivity index is 1.98. The van der Waals surface area contributed by atoms with E-state index < -0.39 is 6.04 Å². The molecule has 0 bridgehead atoms. The number of amides is 1. The van der Waals surface area contributed by atoms with Crippen molar-refractivity contribution in [1.29, 1.82) is 5.26 Å².